The summed E-state index contributed by atoms with van der Waals surface area (Å²) >= 11 is 0. The number of nitrogens with zero attached hydrogens (tertiary/aromatic N) is 2. The van der Waals surface area contributed by atoms with Gasteiger partial charge in [-0.3, -0.25) is 4.90 Å². The summed E-state index contributed by atoms with van der Waals surface area (Å²) in [5.41, 5.74) is 0.292. The normalized spacial score (nSPS) is 13.3. The first-order chi connectivity index (χ1) is 6.23. The molecule has 0 radical (unpaired) electrons. The van der Waals surface area contributed by atoms with Gasteiger partial charge in [-0.1, -0.05) is 13.8 Å². The van der Waals surface area contributed by atoms with Crippen LogP contribution in [-0.4, -0.2) is 49.1 Å². The highest BCUT2D eigenvalue weighted by Gasteiger charge is 2.21. The van der Waals surface area contributed by atoms with Crippen LogP contribution in [0.2, 0.25) is 0 Å². The summed E-state index contributed by atoms with van der Waals surface area (Å²) in [6, 6.07) is 0. The summed E-state index contributed by atoms with van der Waals surface area (Å²) in [4.78, 5) is 4.82. The molecule has 0 heterocycles. The summed E-state index contributed by atoms with van der Waals surface area (Å²) < 4.78 is 0. The van der Waals surface area contributed by atoms with E-state index in [1.807, 2.05) is 0 Å². The van der Waals surface area contributed by atoms with Crippen LogP contribution in [-0.2, 0) is 0 Å². The first-order valence-corrected chi connectivity index (χ1v) is 5.63. The second-order valence-electron chi connectivity index (χ2n) is 5.81. The maximum atomic E-state index is 2.57. The van der Waals surface area contributed by atoms with Gasteiger partial charge in [0.2, 0.25) is 0 Å². The molecule has 0 bridgehead atoms. The second kappa shape index (κ2) is 5.72. The molecule has 0 rings (SSSR count). The van der Waals surface area contributed by atoms with Crippen LogP contribution in [0.5, 0.6) is 0 Å². The lowest BCUT2D eigenvalue weighted by Gasteiger charge is -2.37. The van der Waals surface area contributed by atoms with Gasteiger partial charge in [-0.15, -0.1) is 0 Å². The van der Waals surface area contributed by atoms with E-state index >= 15 is 0 Å². The molecule has 86 valence electrons. The van der Waals surface area contributed by atoms with Crippen molar-refractivity contribution >= 4 is 0 Å². The summed E-state index contributed by atoms with van der Waals surface area (Å²) in [7, 11) is 4.27. The van der Waals surface area contributed by atoms with Crippen LogP contribution >= 0.6 is 0 Å². The Hall–Kier alpha value is -0.0800. The summed E-state index contributed by atoms with van der Waals surface area (Å²) in [6.07, 6.45) is 0. The van der Waals surface area contributed by atoms with Gasteiger partial charge in [-0.05, 0) is 40.8 Å². The molecule has 0 aromatic rings. The Morgan fingerprint density at radius 1 is 1.00 bits per heavy atom. The van der Waals surface area contributed by atoms with Crippen LogP contribution in [0.3, 0.4) is 0 Å². The molecule has 2 heteroatoms. The molecule has 14 heavy (non-hydrogen) atoms. The Balaban J connectivity index is 4.12. The maximum absolute atomic E-state index is 2.57. The van der Waals surface area contributed by atoms with Gasteiger partial charge in [0.05, 0.1) is 0 Å². The third-order valence-electron chi connectivity index (χ3n) is 2.35. The van der Waals surface area contributed by atoms with Crippen molar-refractivity contribution in [1.82, 2.24) is 9.80 Å². The lowest BCUT2D eigenvalue weighted by Crippen LogP contribution is -2.46. The molecule has 0 aromatic carbocycles. The average Bonchev–Trinajstić information content (AvgIpc) is 1.94. The highest BCUT2D eigenvalue weighted by atomic mass is 15.2. The van der Waals surface area contributed by atoms with Gasteiger partial charge < -0.3 is 4.90 Å². The molecule has 0 aliphatic heterocycles. The fourth-order valence-electron chi connectivity index (χ4n) is 1.46. The molecule has 0 aliphatic carbocycles. The Morgan fingerprint density at radius 2 is 1.50 bits per heavy atom. The van der Waals surface area contributed by atoms with Crippen molar-refractivity contribution in [2.45, 2.75) is 40.2 Å². The third-order valence-corrected chi connectivity index (χ3v) is 2.35. The number of hydrogen-bond donors (Lipinski definition) is 0. The largest absolute Gasteiger partial charge is 0.308 e. The Bertz CT molecular complexity index is 145. The van der Waals surface area contributed by atoms with Crippen LogP contribution in [0.4, 0.5) is 0 Å². The standard InChI is InChI=1S/C12H28N2/c1-11(2)10-14(12(3,4)5)9-8-13(6)7/h11H,8-10H2,1-7H3. The molecule has 0 amide bonds. The zero-order chi connectivity index (χ0) is 11.4. The lowest BCUT2D eigenvalue weighted by atomic mass is 10.0. The van der Waals surface area contributed by atoms with Gasteiger partial charge in [-0.25, -0.2) is 0 Å². The van der Waals surface area contributed by atoms with Crippen molar-refractivity contribution < 1.29 is 0 Å². The van der Waals surface area contributed by atoms with E-state index in [1.54, 1.807) is 0 Å². The quantitative estimate of drug-likeness (QED) is 0.672. The monoisotopic (exact) mass is 200 g/mol. The number of rotatable bonds is 5. The smallest absolute Gasteiger partial charge is 0.0125 e. The van der Waals surface area contributed by atoms with Gasteiger partial charge in [0.15, 0.2) is 0 Å². The maximum Gasteiger partial charge on any atom is 0.0125 e. The van der Waals surface area contributed by atoms with Crippen molar-refractivity contribution in [2.75, 3.05) is 33.7 Å². The molecule has 0 spiro atoms. The Kier molecular flexibility index (Phi) is 5.68. The second-order valence-corrected chi connectivity index (χ2v) is 5.81. The Morgan fingerprint density at radius 3 is 1.79 bits per heavy atom. The van der Waals surface area contributed by atoms with E-state index in [9.17, 15) is 0 Å². The van der Waals surface area contributed by atoms with Crippen LogP contribution in [0, 0.1) is 5.92 Å². The highest BCUT2D eigenvalue weighted by molar-refractivity contribution is 4.77. The van der Waals surface area contributed by atoms with E-state index in [4.69, 9.17) is 0 Å². The molecule has 0 saturated heterocycles. The average molecular weight is 200 g/mol. The van der Waals surface area contributed by atoms with Crippen LogP contribution in [0.15, 0.2) is 0 Å². The van der Waals surface area contributed by atoms with Gasteiger partial charge >= 0.3 is 0 Å². The summed E-state index contributed by atoms with van der Waals surface area (Å²) in [5.74, 6) is 0.747. The van der Waals surface area contributed by atoms with E-state index < -0.39 is 0 Å². The van der Waals surface area contributed by atoms with E-state index in [2.05, 4.69) is 58.5 Å². The van der Waals surface area contributed by atoms with Gasteiger partial charge in [-0.2, -0.15) is 0 Å². The molecule has 0 fully saturated rings. The molecular formula is C12H28N2. The predicted octanol–water partition coefficient (Wildman–Crippen LogP) is 2.30. The summed E-state index contributed by atoms with van der Waals surface area (Å²) in [6.45, 7) is 15.0. The first kappa shape index (κ1) is 13.9. The minimum atomic E-state index is 0.292. The molecule has 0 aliphatic rings. The third kappa shape index (κ3) is 6.39. The number of hydrogen-bond acceptors (Lipinski definition) is 2. The van der Waals surface area contributed by atoms with Gasteiger partial charge in [0.1, 0.15) is 0 Å². The molecule has 2 nitrogen and oxygen atoms in total. The molecule has 0 saturated carbocycles. The minimum absolute atomic E-state index is 0.292. The van der Waals surface area contributed by atoms with E-state index in [0.717, 1.165) is 19.0 Å². The SMILES string of the molecule is CC(C)CN(CCN(C)C)C(C)(C)C. The van der Waals surface area contributed by atoms with Crippen molar-refractivity contribution in [3.8, 4) is 0 Å². The van der Waals surface area contributed by atoms with E-state index in [1.165, 1.54) is 6.54 Å². The first-order valence-electron chi connectivity index (χ1n) is 5.63. The number of likely N-dealkylation sites (N-methyl/N-ethyl adjacent to an activating group) is 1. The van der Waals surface area contributed by atoms with Gasteiger partial charge in [0, 0.05) is 25.2 Å². The summed E-state index contributed by atoms with van der Waals surface area (Å²) in [5, 5.41) is 0. The fourth-order valence-corrected chi connectivity index (χ4v) is 1.46. The molecular weight excluding hydrogens is 172 g/mol. The zero-order valence-electron chi connectivity index (χ0n) is 11.1. The molecule has 0 unspecified atom stereocenters. The van der Waals surface area contributed by atoms with Gasteiger partial charge in [0.25, 0.3) is 0 Å². The Labute approximate surface area is 90.3 Å². The van der Waals surface area contributed by atoms with Crippen LogP contribution in [0.1, 0.15) is 34.6 Å². The molecule has 0 N–H and O–H groups in total. The van der Waals surface area contributed by atoms with Crippen molar-refractivity contribution in [3.05, 3.63) is 0 Å². The fraction of sp³-hybridized carbons (Fsp3) is 1.00. The molecule has 0 aromatic heterocycles. The van der Waals surface area contributed by atoms with Crippen LogP contribution in [0.25, 0.3) is 0 Å². The molecule has 0 atom stereocenters. The predicted molar refractivity (Wildman–Crippen MR) is 64.7 cm³/mol. The topological polar surface area (TPSA) is 6.48 Å². The van der Waals surface area contributed by atoms with Crippen LogP contribution < -0.4 is 0 Å². The highest BCUT2D eigenvalue weighted by Crippen LogP contribution is 2.14. The van der Waals surface area contributed by atoms with Crippen molar-refractivity contribution in [2.24, 2.45) is 5.92 Å². The van der Waals surface area contributed by atoms with Crippen molar-refractivity contribution in [1.29, 1.82) is 0 Å². The lowest BCUT2D eigenvalue weighted by molar-refractivity contribution is 0.110. The zero-order valence-corrected chi connectivity index (χ0v) is 11.1. The van der Waals surface area contributed by atoms with E-state index in [-0.39, 0.29) is 0 Å². The van der Waals surface area contributed by atoms with E-state index in [0.29, 0.717) is 5.54 Å². The van der Waals surface area contributed by atoms with Crippen molar-refractivity contribution in [3.63, 3.8) is 0 Å². The minimum Gasteiger partial charge on any atom is -0.308 e.